The Morgan fingerprint density at radius 3 is 2.53 bits per heavy atom. The zero-order chi connectivity index (χ0) is 14.0. The standard InChI is InChI=1S/C13H9F2N3S/c1-7-2-3-18-13(9(7)6-16)19-12-10(14)4-8(17)5-11(12)15/h2-5H,17H2,1H3. The van der Waals surface area contributed by atoms with Gasteiger partial charge in [0.1, 0.15) is 22.7 Å². The molecule has 0 amide bonds. The van der Waals surface area contributed by atoms with Crippen LogP contribution in [0.5, 0.6) is 0 Å². The van der Waals surface area contributed by atoms with Crippen LogP contribution < -0.4 is 5.73 Å². The van der Waals surface area contributed by atoms with Crippen molar-refractivity contribution < 1.29 is 8.78 Å². The maximum atomic E-state index is 13.7. The van der Waals surface area contributed by atoms with E-state index in [1.807, 2.05) is 6.07 Å². The molecular formula is C13H9F2N3S. The first-order chi connectivity index (χ1) is 9.02. The fourth-order valence-electron chi connectivity index (χ4n) is 1.52. The number of nitrogen functional groups attached to an aromatic ring is 1. The number of hydrogen-bond acceptors (Lipinski definition) is 4. The Bertz CT molecular complexity index is 657. The summed E-state index contributed by atoms with van der Waals surface area (Å²) in [6.45, 7) is 1.74. The number of pyridine rings is 1. The third kappa shape index (κ3) is 2.66. The third-order valence-corrected chi connectivity index (χ3v) is 3.55. The van der Waals surface area contributed by atoms with E-state index in [2.05, 4.69) is 4.98 Å². The maximum Gasteiger partial charge on any atom is 0.142 e. The summed E-state index contributed by atoms with van der Waals surface area (Å²) in [5, 5.41) is 9.32. The van der Waals surface area contributed by atoms with Gasteiger partial charge in [0.15, 0.2) is 0 Å². The molecule has 2 N–H and O–H groups in total. The molecule has 0 radical (unpaired) electrons. The predicted molar refractivity (Wildman–Crippen MR) is 68.6 cm³/mol. The highest BCUT2D eigenvalue weighted by Crippen LogP contribution is 2.34. The molecule has 0 fully saturated rings. The number of nitrogens with zero attached hydrogens (tertiary/aromatic N) is 2. The second-order valence-corrected chi connectivity index (χ2v) is 4.83. The molecule has 0 unspecified atom stereocenters. The fraction of sp³-hybridized carbons (Fsp3) is 0.0769. The molecule has 0 aliphatic heterocycles. The maximum absolute atomic E-state index is 13.7. The lowest BCUT2D eigenvalue weighted by molar-refractivity contribution is 0.541. The van der Waals surface area contributed by atoms with Crippen molar-refractivity contribution in [1.82, 2.24) is 4.98 Å². The van der Waals surface area contributed by atoms with E-state index in [4.69, 9.17) is 11.0 Å². The van der Waals surface area contributed by atoms with Crippen LogP contribution >= 0.6 is 11.8 Å². The molecule has 0 aliphatic rings. The first-order valence-electron chi connectivity index (χ1n) is 5.31. The SMILES string of the molecule is Cc1ccnc(Sc2c(F)cc(N)cc2F)c1C#N. The summed E-state index contributed by atoms with van der Waals surface area (Å²) in [5.74, 6) is -1.54. The zero-order valence-corrected chi connectivity index (χ0v) is 10.8. The Balaban J connectivity index is 2.49. The lowest BCUT2D eigenvalue weighted by Crippen LogP contribution is -1.95. The molecule has 1 heterocycles. The van der Waals surface area contributed by atoms with E-state index in [0.29, 0.717) is 11.1 Å². The van der Waals surface area contributed by atoms with Gasteiger partial charge in [-0.25, -0.2) is 13.8 Å². The van der Waals surface area contributed by atoms with Gasteiger partial charge in [-0.05, 0) is 30.7 Å². The number of rotatable bonds is 2. The summed E-state index contributed by atoms with van der Waals surface area (Å²) < 4.78 is 27.4. The number of anilines is 1. The topological polar surface area (TPSA) is 62.7 Å². The van der Waals surface area contributed by atoms with Crippen LogP contribution in [0.15, 0.2) is 34.3 Å². The van der Waals surface area contributed by atoms with Gasteiger partial charge in [-0.2, -0.15) is 5.26 Å². The van der Waals surface area contributed by atoms with Crippen molar-refractivity contribution in [2.75, 3.05) is 5.73 Å². The third-order valence-electron chi connectivity index (χ3n) is 2.46. The molecule has 0 aliphatic carbocycles. The monoisotopic (exact) mass is 277 g/mol. The highest BCUT2D eigenvalue weighted by molar-refractivity contribution is 7.99. The molecule has 0 saturated heterocycles. The highest BCUT2D eigenvalue weighted by atomic mass is 32.2. The van der Waals surface area contributed by atoms with Gasteiger partial charge >= 0.3 is 0 Å². The van der Waals surface area contributed by atoms with Crippen LogP contribution in [0.1, 0.15) is 11.1 Å². The zero-order valence-electron chi connectivity index (χ0n) is 9.95. The number of nitriles is 1. The Morgan fingerprint density at radius 1 is 1.32 bits per heavy atom. The molecule has 1 aromatic carbocycles. The van der Waals surface area contributed by atoms with Crippen molar-refractivity contribution in [3.63, 3.8) is 0 Å². The summed E-state index contributed by atoms with van der Waals surface area (Å²) in [6, 6.07) is 5.72. The normalized spacial score (nSPS) is 10.2. The van der Waals surface area contributed by atoms with Crippen molar-refractivity contribution in [3.05, 3.63) is 47.2 Å². The van der Waals surface area contributed by atoms with Crippen molar-refractivity contribution in [2.24, 2.45) is 0 Å². The second-order valence-electron chi connectivity index (χ2n) is 3.84. The van der Waals surface area contributed by atoms with E-state index in [1.54, 1.807) is 13.0 Å². The van der Waals surface area contributed by atoms with Gasteiger partial charge in [0.05, 0.1) is 10.5 Å². The van der Waals surface area contributed by atoms with E-state index in [9.17, 15) is 8.78 Å². The van der Waals surface area contributed by atoms with E-state index >= 15 is 0 Å². The lowest BCUT2D eigenvalue weighted by atomic mass is 10.2. The van der Waals surface area contributed by atoms with E-state index in [1.165, 1.54) is 6.20 Å². The fourth-order valence-corrected chi connectivity index (χ4v) is 2.45. The van der Waals surface area contributed by atoms with Crippen LogP contribution in [0.2, 0.25) is 0 Å². The molecule has 3 nitrogen and oxygen atoms in total. The molecule has 1 aromatic heterocycles. The lowest BCUT2D eigenvalue weighted by Gasteiger charge is -2.07. The average molecular weight is 277 g/mol. The largest absolute Gasteiger partial charge is 0.399 e. The number of halogens is 2. The average Bonchev–Trinajstić information content (AvgIpc) is 2.34. The minimum Gasteiger partial charge on any atom is -0.399 e. The minimum absolute atomic E-state index is 0.0112. The molecule has 2 rings (SSSR count). The van der Waals surface area contributed by atoms with Gasteiger partial charge in [0.2, 0.25) is 0 Å². The second kappa shape index (κ2) is 5.24. The number of nitrogens with two attached hydrogens (primary N) is 1. The van der Waals surface area contributed by atoms with Crippen LogP contribution in [-0.2, 0) is 0 Å². The van der Waals surface area contributed by atoms with Gasteiger partial charge in [-0.3, -0.25) is 0 Å². The first kappa shape index (κ1) is 13.3. The van der Waals surface area contributed by atoms with Gasteiger partial charge in [-0.1, -0.05) is 11.8 Å². The van der Waals surface area contributed by atoms with Crippen molar-refractivity contribution in [3.8, 4) is 6.07 Å². The van der Waals surface area contributed by atoms with E-state index < -0.39 is 11.6 Å². The highest BCUT2D eigenvalue weighted by Gasteiger charge is 2.15. The minimum atomic E-state index is -0.769. The van der Waals surface area contributed by atoms with Gasteiger partial charge in [0.25, 0.3) is 0 Å². The van der Waals surface area contributed by atoms with Crippen LogP contribution in [0, 0.1) is 29.9 Å². The molecule has 19 heavy (non-hydrogen) atoms. The summed E-state index contributed by atoms with van der Waals surface area (Å²) in [7, 11) is 0. The Labute approximate surface area is 113 Å². The smallest absolute Gasteiger partial charge is 0.142 e. The Kier molecular flexibility index (Phi) is 3.67. The summed E-state index contributed by atoms with van der Waals surface area (Å²) >= 11 is 0.776. The van der Waals surface area contributed by atoms with Crippen LogP contribution in [0.25, 0.3) is 0 Å². The number of benzene rings is 1. The van der Waals surface area contributed by atoms with Crippen LogP contribution in [-0.4, -0.2) is 4.98 Å². The van der Waals surface area contributed by atoms with Gasteiger partial charge in [0, 0.05) is 11.9 Å². The van der Waals surface area contributed by atoms with Crippen molar-refractivity contribution in [2.45, 2.75) is 16.8 Å². The number of aromatic nitrogens is 1. The first-order valence-corrected chi connectivity index (χ1v) is 6.12. The quantitative estimate of drug-likeness (QED) is 0.856. The van der Waals surface area contributed by atoms with E-state index in [0.717, 1.165) is 23.9 Å². The molecule has 2 aromatic rings. The molecule has 0 atom stereocenters. The van der Waals surface area contributed by atoms with Crippen LogP contribution in [0.3, 0.4) is 0 Å². The Hall–Kier alpha value is -2.13. The van der Waals surface area contributed by atoms with Crippen molar-refractivity contribution >= 4 is 17.4 Å². The number of aryl methyl sites for hydroxylation is 1. The predicted octanol–water partition coefficient (Wildman–Crippen LogP) is 3.27. The summed E-state index contributed by atoms with van der Waals surface area (Å²) in [5.41, 5.74) is 6.37. The molecule has 0 saturated carbocycles. The Morgan fingerprint density at radius 2 is 1.95 bits per heavy atom. The molecule has 0 bridgehead atoms. The molecule has 6 heteroatoms. The van der Waals surface area contributed by atoms with Crippen LogP contribution in [0.4, 0.5) is 14.5 Å². The van der Waals surface area contributed by atoms with Crippen molar-refractivity contribution in [1.29, 1.82) is 5.26 Å². The molecule has 0 spiro atoms. The summed E-state index contributed by atoms with van der Waals surface area (Å²) in [6.07, 6.45) is 1.49. The molecule has 96 valence electrons. The van der Waals surface area contributed by atoms with E-state index in [-0.39, 0.29) is 15.6 Å². The molecular weight excluding hydrogens is 268 g/mol. The van der Waals surface area contributed by atoms with Gasteiger partial charge < -0.3 is 5.73 Å². The van der Waals surface area contributed by atoms with Gasteiger partial charge in [-0.15, -0.1) is 0 Å². The number of hydrogen-bond donors (Lipinski definition) is 1. The summed E-state index contributed by atoms with van der Waals surface area (Å²) in [4.78, 5) is 3.77.